The highest BCUT2D eigenvalue weighted by atomic mass is 16.3. The summed E-state index contributed by atoms with van der Waals surface area (Å²) in [6.45, 7) is 17.9. The predicted molar refractivity (Wildman–Crippen MR) is 72.6 cm³/mol. The first-order chi connectivity index (χ1) is 6.88. The first-order valence-electron chi connectivity index (χ1n) is 6.03. The zero-order valence-corrected chi connectivity index (χ0v) is 12.7. The summed E-state index contributed by atoms with van der Waals surface area (Å²) in [6, 6.07) is 0. The molecule has 0 aliphatic carbocycles. The van der Waals surface area contributed by atoms with Crippen molar-refractivity contribution >= 4 is 5.78 Å². The van der Waals surface area contributed by atoms with Crippen LogP contribution in [0.1, 0.15) is 68.7 Å². The Kier molecular flexibility index (Phi) is 14.6. The summed E-state index contributed by atoms with van der Waals surface area (Å²) in [5.74, 6) is 1.01. The largest absolute Gasteiger partial charge is 0.394 e. The summed E-state index contributed by atoms with van der Waals surface area (Å²) in [5, 5.41) is 8.06. The lowest BCUT2D eigenvalue weighted by Crippen LogP contribution is -2.08. The highest BCUT2D eigenvalue weighted by Gasteiger charge is 2.11. The third-order valence-corrected chi connectivity index (χ3v) is 1.02. The van der Waals surface area contributed by atoms with Gasteiger partial charge in [-0.15, -0.1) is 0 Å². The molecule has 0 bridgehead atoms. The number of hydrogen-bond acceptors (Lipinski definition) is 2. The second kappa shape index (κ2) is 11.1. The molecule has 0 rings (SSSR count). The Bertz CT molecular complexity index is 146. The van der Waals surface area contributed by atoms with Gasteiger partial charge in [0.2, 0.25) is 0 Å². The van der Waals surface area contributed by atoms with E-state index in [2.05, 4.69) is 34.6 Å². The van der Waals surface area contributed by atoms with Gasteiger partial charge in [-0.2, -0.15) is 0 Å². The zero-order chi connectivity index (χ0) is 13.9. The Hall–Kier alpha value is -0.370. The van der Waals surface area contributed by atoms with Gasteiger partial charge in [0.1, 0.15) is 5.78 Å². The van der Waals surface area contributed by atoms with E-state index in [1.165, 1.54) is 20.3 Å². The van der Waals surface area contributed by atoms with E-state index in [-0.39, 0.29) is 11.9 Å². The van der Waals surface area contributed by atoms with Crippen molar-refractivity contribution in [2.24, 2.45) is 11.3 Å². The van der Waals surface area contributed by atoms with E-state index >= 15 is 0 Å². The number of Topliss-reactive ketones (excluding diaryl/α,β-unsaturated/α-hetero) is 1. The van der Waals surface area contributed by atoms with Crippen LogP contribution in [0.2, 0.25) is 0 Å². The molecule has 0 amide bonds. The van der Waals surface area contributed by atoms with Crippen molar-refractivity contribution in [3.63, 3.8) is 0 Å². The smallest absolute Gasteiger partial charge is 0.126 e. The number of aliphatic hydroxyl groups is 1. The van der Waals surface area contributed by atoms with E-state index < -0.39 is 0 Å². The molecule has 0 saturated heterocycles. The van der Waals surface area contributed by atoms with E-state index in [9.17, 15) is 4.79 Å². The van der Waals surface area contributed by atoms with Crippen molar-refractivity contribution in [3.05, 3.63) is 0 Å². The fraction of sp³-hybridized carbons (Fsp3) is 0.929. The number of carbonyl (C=O) groups excluding carboxylic acids is 1. The number of hydrogen-bond donors (Lipinski definition) is 1. The lowest BCUT2D eigenvalue weighted by Gasteiger charge is -2.19. The van der Waals surface area contributed by atoms with Crippen molar-refractivity contribution in [1.29, 1.82) is 0 Å². The predicted octanol–water partition coefficient (Wildman–Crippen LogP) is 4.06. The molecule has 0 aromatic carbocycles. The van der Waals surface area contributed by atoms with Gasteiger partial charge in [-0.3, -0.25) is 0 Å². The Morgan fingerprint density at radius 1 is 1.06 bits per heavy atom. The van der Waals surface area contributed by atoms with Crippen molar-refractivity contribution in [2.75, 3.05) is 0 Å². The van der Waals surface area contributed by atoms with Crippen molar-refractivity contribution in [2.45, 2.75) is 74.8 Å². The molecule has 2 heteroatoms. The normalized spacial score (nSPS) is 10.2. The Morgan fingerprint density at radius 3 is 1.25 bits per heavy atom. The minimum absolute atomic E-state index is 0.167. The first-order valence-corrected chi connectivity index (χ1v) is 6.03. The van der Waals surface area contributed by atoms with Gasteiger partial charge in [-0.1, -0.05) is 34.6 Å². The molecule has 0 aliphatic rings. The van der Waals surface area contributed by atoms with Crippen LogP contribution < -0.4 is 0 Å². The van der Waals surface area contributed by atoms with Gasteiger partial charge < -0.3 is 9.90 Å². The lowest BCUT2D eigenvalue weighted by atomic mass is 9.86. The molecule has 16 heavy (non-hydrogen) atoms. The molecule has 0 aromatic heterocycles. The van der Waals surface area contributed by atoms with E-state index in [0.29, 0.717) is 5.41 Å². The summed E-state index contributed by atoms with van der Waals surface area (Å²) in [4.78, 5) is 9.44. The van der Waals surface area contributed by atoms with Gasteiger partial charge in [0.05, 0.1) is 0 Å². The maximum Gasteiger partial charge on any atom is 0.126 e. The molecule has 1 N–H and O–H groups in total. The summed E-state index contributed by atoms with van der Waals surface area (Å²) >= 11 is 0. The lowest BCUT2D eigenvalue weighted by molar-refractivity contribution is -0.114. The van der Waals surface area contributed by atoms with Crippen LogP contribution in [0.15, 0.2) is 0 Å². The van der Waals surface area contributed by atoms with Crippen LogP contribution in [-0.2, 0) is 4.79 Å². The number of carbonyl (C=O) groups is 1. The van der Waals surface area contributed by atoms with Crippen molar-refractivity contribution < 1.29 is 9.90 Å². The van der Waals surface area contributed by atoms with Crippen LogP contribution in [0.3, 0.4) is 0 Å². The second-order valence-corrected chi connectivity index (χ2v) is 6.16. The zero-order valence-electron chi connectivity index (χ0n) is 12.7. The van der Waals surface area contributed by atoms with Crippen LogP contribution in [0, 0.1) is 11.3 Å². The van der Waals surface area contributed by atoms with Gasteiger partial charge in [0.25, 0.3) is 0 Å². The average Bonchev–Trinajstić information content (AvgIpc) is 1.74. The van der Waals surface area contributed by atoms with Crippen molar-refractivity contribution in [1.82, 2.24) is 0 Å². The monoisotopic (exact) mass is 232 g/mol. The molecule has 0 radical (unpaired) electrons. The third-order valence-electron chi connectivity index (χ3n) is 1.02. The number of rotatable bonds is 1. The fourth-order valence-electron chi connectivity index (χ4n) is 1.22. The summed E-state index contributed by atoms with van der Waals surface area (Å²) < 4.78 is 0. The molecule has 0 unspecified atom stereocenters. The minimum atomic E-state index is -0.167. The summed E-state index contributed by atoms with van der Waals surface area (Å²) in [5.41, 5.74) is 0.522. The van der Waals surface area contributed by atoms with Crippen LogP contribution >= 0.6 is 0 Å². The average molecular weight is 232 g/mol. The summed E-state index contributed by atoms with van der Waals surface area (Å²) in [6.07, 6.45) is 1.16. The van der Waals surface area contributed by atoms with Crippen LogP contribution in [0.25, 0.3) is 0 Å². The Balaban J connectivity index is -0.000000179. The molecule has 0 aromatic rings. The fourth-order valence-corrected chi connectivity index (χ4v) is 1.22. The molecule has 0 spiro atoms. The molecule has 0 atom stereocenters. The summed E-state index contributed by atoms with van der Waals surface area (Å²) in [7, 11) is 0. The molecular weight excluding hydrogens is 200 g/mol. The van der Waals surface area contributed by atoms with E-state index in [1.807, 2.05) is 0 Å². The molecule has 0 heterocycles. The molecular formula is C14H32O2. The Morgan fingerprint density at radius 2 is 1.25 bits per heavy atom. The molecule has 0 saturated carbocycles. The van der Waals surface area contributed by atoms with E-state index in [1.54, 1.807) is 13.8 Å². The maximum atomic E-state index is 9.44. The van der Waals surface area contributed by atoms with Crippen molar-refractivity contribution in [3.8, 4) is 0 Å². The standard InChI is InChI=1S/C8H18.C3H8O.C3H6O/c1-7(2)6-8(3,4)5;2*1-3(2)4/h7H,6H2,1-5H3;3-4H,1-2H3;1-2H3. The van der Waals surface area contributed by atoms with E-state index in [0.717, 1.165) is 5.92 Å². The second-order valence-electron chi connectivity index (χ2n) is 6.16. The third kappa shape index (κ3) is 101. The van der Waals surface area contributed by atoms with E-state index in [4.69, 9.17) is 5.11 Å². The molecule has 100 valence electrons. The molecule has 0 fully saturated rings. The van der Waals surface area contributed by atoms with Gasteiger partial charge in [0, 0.05) is 6.10 Å². The minimum Gasteiger partial charge on any atom is -0.394 e. The van der Waals surface area contributed by atoms with Gasteiger partial charge in [-0.25, -0.2) is 0 Å². The number of ketones is 1. The number of aliphatic hydroxyl groups excluding tert-OH is 1. The molecule has 2 nitrogen and oxygen atoms in total. The maximum absolute atomic E-state index is 9.44. The first kappa shape index (κ1) is 21.0. The van der Waals surface area contributed by atoms with Gasteiger partial charge in [0.15, 0.2) is 0 Å². The van der Waals surface area contributed by atoms with Gasteiger partial charge in [-0.05, 0) is 45.4 Å². The van der Waals surface area contributed by atoms with Crippen LogP contribution in [-0.4, -0.2) is 17.0 Å². The quantitative estimate of drug-likeness (QED) is 0.740. The highest BCUT2D eigenvalue weighted by molar-refractivity contribution is 5.72. The Labute approximate surface area is 102 Å². The van der Waals surface area contributed by atoms with Gasteiger partial charge >= 0.3 is 0 Å². The van der Waals surface area contributed by atoms with Crippen LogP contribution in [0.4, 0.5) is 0 Å². The van der Waals surface area contributed by atoms with Crippen LogP contribution in [0.5, 0.6) is 0 Å². The SMILES string of the molecule is CC(C)=O.CC(C)CC(C)(C)C.CC(C)O. The highest BCUT2D eigenvalue weighted by Crippen LogP contribution is 2.23. The topological polar surface area (TPSA) is 37.3 Å². The molecule has 0 aliphatic heterocycles.